The molecular formula is C27H21N3O5. The SMILES string of the molecule is Cc1ccc(/C(O)=C2\C(=O)C(=O)N(c3nc4ccc(C(=O)O)cc4[nH]3)C2c2cccc(C)c2)cc1. The lowest BCUT2D eigenvalue weighted by atomic mass is 9.94. The van der Waals surface area contributed by atoms with Crippen LogP contribution in [0.4, 0.5) is 5.95 Å². The van der Waals surface area contributed by atoms with Gasteiger partial charge in [-0.05, 0) is 37.6 Å². The summed E-state index contributed by atoms with van der Waals surface area (Å²) in [6, 6.07) is 17.8. The van der Waals surface area contributed by atoms with Gasteiger partial charge in [0.2, 0.25) is 5.95 Å². The molecule has 0 spiro atoms. The minimum Gasteiger partial charge on any atom is -0.507 e. The number of hydrogen-bond donors (Lipinski definition) is 3. The molecule has 1 atom stereocenters. The van der Waals surface area contributed by atoms with Crippen LogP contribution in [-0.2, 0) is 9.59 Å². The zero-order chi connectivity index (χ0) is 24.9. The summed E-state index contributed by atoms with van der Waals surface area (Å²) in [5, 5.41) is 20.5. The molecule has 8 heteroatoms. The van der Waals surface area contributed by atoms with E-state index in [-0.39, 0.29) is 22.8 Å². The molecule has 1 saturated heterocycles. The van der Waals surface area contributed by atoms with E-state index in [1.54, 1.807) is 18.2 Å². The van der Waals surface area contributed by atoms with Gasteiger partial charge in [0.1, 0.15) is 5.76 Å². The van der Waals surface area contributed by atoms with Gasteiger partial charge in [-0.25, -0.2) is 9.78 Å². The lowest BCUT2D eigenvalue weighted by molar-refractivity contribution is -0.132. The van der Waals surface area contributed by atoms with E-state index in [4.69, 9.17) is 0 Å². The second-order valence-corrected chi connectivity index (χ2v) is 8.55. The molecule has 4 aromatic rings. The normalized spacial score (nSPS) is 17.3. The molecule has 1 amide bonds. The van der Waals surface area contributed by atoms with Crippen molar-refractivity contribution >= 4 is 40.4 Å². The summed E-state index contributed by atoms with van der Waals surface area (Å²) in [7, 11) is 0. The second kappa shape index (κ2) is 8.25. The Morgan fingerprint density at radius 1 is 0.914 bits per heavy atom. The molecular weight excluding hydrogens is 446 g/mol. The van der Waals surface area contributed by atoms with E-state index < -0.39 is 23.7 Å². The van der Waals surface area contributed by atoms with Crippen molar-refractivity contribution in [3.63, 3.8) is 0 Å². The number of aliphatic hydroxyl groups excluding tert-OH is 1. The number of aromatic amines is 1. The number of aromatic carboxylic acids is 1. The largest absolute Gasteiger partial charge is 0.507 e. The zero-order valence-corrected chi connectivity index (χ0v) is 18.9. The molecule has 1 fully saturated rings. The number of aromatic nitrogens is 2. The number of anilines is 1. The number of Topliss-reactive ketones (excluding diaryl/α,β-unsaturated/α-hetero) is 1. The number of rotatable bonds is 4. The van der Waals surface area contributed by atoms with Crippen LogP contribution in [0.1, 0.15) is 38.7 Å². The average molecular weight is 467 g/mol. The van der Waals surface area contributed by atoms with Crippen LogP contribution in [0.3, 0.4) is 0 Å². The number of nitrogens with one attached hydrogen (secondary N) is 1. The predicted molar refractivity (Wildman–Crippen MR) is 130 cm³/mol. The van der Waals surface area contributed by atoms with Gasteiger partial charge in [-0.1, -0.05) is 59.7 Å². The Balaban J connectivity index is 1.72. The number of carboxylic acids is 1. The fourth-order valence-electron chi connectivity index (χ4n) is 4.32. The van der Waals surface area contributed by atoms with Crippen molar-refractivity contribution in [1.29, 1.82) is 0 Å². The van der Waals surface area contributed by atoms with Crippen molar-refractivity contribution in [1.82, 2.24) is 9.97 Å². The third-order valence-corrected chi connectivity index (χ3v) is 6.07. The number of nitrogens with zero attached hydrogens (tertiary/aromatic N) is 2. The second-order valence-electron chi connectivity index (χ2n) is 8.55. The Bertz CT molecular complexity index is 1550. The first-order valence-electron chi connectivity index (χ1n) is 10.9. The molecule has 174 valence electrons. The van der Waals surface area contributed by atoms with Gasteiger partial charge in [0.15, 0.2) is 0 Å². The molecule has 1 aliphatic heterocycles. The first kappa shape index (κ1) is 22.1. The van der Waals surface area contributed by atoms with Crippen LogP contribution in [0.25, 0.3) is 16.8 Å². The number of aryl methyl sites for hydroxylation is 2. The first-order chi connectivity index (χ1) is 16.7. The number of imidazole rings is 1. The maximum Gasteiger partial charge on any atom is 0.335 e. The summed E-state index contributed by atoms with van der Waals surface area (Å²) in [4.78, 5) is 46.6. The van der Waals surface area contributed by atoms with E-state index in [1.807, 2.05) is 44.2 Å². The lowest BCUT2D eigenvalue weighted by Gasteiger charge is -2.23. The number of H-pyrrole nitrogens is 1. The molecule has 3 aromatic carbocycles. The summed E-state index contributed by atoms with van der Waals surface area (Å²) >= 11 is 0. The summed E-state index contributed by atoms with van der Waals surface area (Å²) in [6.07, 6.45) is 0. The van der Waals surface area contributed by atoms with Gasteiger partial charge in [-0.2, -0.15) is 0 Å². The summed E-state index contributed by atoms with van der Waals surface area (Å²) in [5.41, 5.74) is 3.81. The average Bonchev–Trinajstić information content (AvgIpc) is 3.37. The molecule has 1 aliphatic rings. The molecule has 8 nitrogen and oxygen atoms in total. The van der Waals surface area contributed by atoms with E-state index in [9.17, 15) is 24.6 Å². The Kier molecular flexibility index (Phi) is 5.21. The van der Waals surface area contributed by atoms with Gasteiger partial charge in [0.25, 0.3) is 5.78 Å². The standard InChI is InChI=1S/C27H21N3O5/c1-14-6-8-16(9-7-14)23(31)21-22(17-5-3-4-15(2)12-17)30(25(33)24(21)32)27-28-19-11-10-18(26(34)35)13-20(19)29-27/h3-13,22,31H,1-2H3,(H,28,29)(H,34,35)/b23-21+. The van der Waals surface area contributed by atoms with Crippen molar-refractivity contribution in [3.8, 4) is 0 Å². The zero-order valence-electron chi connectivity index (χ0n) is 18.9. The highest BCUT2D eigenvalue weighted by molar-refractivity contribution is 6.51. The number of carbonyl (C=O) groups excluding carboxylic acids is 2. The number of carboxylic acid groups (broad SMARTS) is 1. The molecule has 1 unspecified atom stereocenters. The minimum absolute atomic E-state index is 0.0452. The van der Waals surface area contributed by atoms with E-state index in [2.05, 4.69) is 9.97 Å². The van der Waals surface area contributed by atoms with Crippen molar-refractivity contribution in [2.45, 2.75) is 19.9 Å². The molecule has 35 heavy (non-hydrogen) atoms. The van der Waals surface area contributed by atoms with Crippen LogP contribution in [-0.4, -0.2) is 37.8 Å². The van der Waals surface area contributed by atoms with Crippen LogP contribution in [0.15, 0.2) is 72.3 Å². The third-order valence-electron chi connectivity index (χ3n) is 6.07. The molecule has 0 radical (unpaired) electrons. The molecule has 2 heterocycles. The Morgan fingerprint density at radius 2 is 1.63 bits per heavy atom. The highest BCUT2D eigenvalue weighted by Crippen LogP contribution is 2.41. The minimum atomic E-state index is -1.10. The highest BCUT2D eigenvalue weighted by Gasteiger charge is 2.48. The molecule has 0 saturated carbocycles. The molecule has 5 rings (SSSR count). The molecule has 1 aromatic heterocycles. The van der Waals surface area contributed by atoms with Gasteiger partial charge in [0, 0.05) is 5.56 Å². The highest BCUT2D eigenvalue weighted by atomic mass is 16.4. The lowest BCUT2D eigenvalue weighted by Crippen LogP contribution is -2.30. The third kappa shape index (κ3) is 3.74. The van der Waals surface area contributed by atoms with Crippen LogP contribution in [0.2, 0.25) is 0 Å². The smallest absolute Gasteiger partial charge is 0.335 e. The fourth-order valence-corrected chi connectivity index (χ4v) is 4.32. The van der Waals surface area contributed by atoms with E-state index >= 15 is 0 Å². The Hall–Kier alpha value is -4.72. The Labute approximate surface area is 200 Å². The van der Waals surface area contributed by atoms with Gasteiger partial charge >= 0.3 is 11.9 Å². The van der Waals surface area contributed by atoms with Crippen LogP contribution in [0.5, 0.6) is 0 Å². The first-order valence-corrected chi connectivity index (χ1v) is 10.9. The van der Waals surface area contributed by atoms with Crippen LogP contribution in [0, 0.1) is 13.8 Å². The van der Waals surface area contributed by atoms with Crippen molar-refractivity contribution in [2.75, 3.05) is 4.90 Å². The van der Waals surface area contributed by atoms with Gasteiger partial charge < -0.3 is 15.2 Å². The molecule has 0 bridgehead atoms. The monoisotopic (exact) mass is 467 g/mol. The van der Waals surface area contributed by atoms with Crippen LogP contribution < -0.4 is 4.90 Å². The fraction of sp³-hybridized carbons (Fsp3) is 0.111. The quantitative estimate of drug-likeness (QED) is 0.231. The van der Waals surface area contributed by atoms with Gasteiger partial charge in [0.05, 0.1) is 28.2 Å². The van der Waals surface area contributed by atoms with Crippen molar-refractivity contribution in [3.05, 3.63) is 100 Å². The summed E-state index contributed by atoms with van der Waals surface area (Å²) < 4.78 is 0. The number of ketones is 1. The maximum absolute atomic E-state index is 13.3. The van der Waals surface area contributed by atoms with Crippen molar-refractivity contribution < 1.29 is 24.6 Å². The van der Waals surface area contributed by atoms with Crippen LogP contribution >= 0.6 is 0 Å². The van der Waals surface area contributed by atoms with Gasteiger partial charge in [-0.3, -0.25) is 14.5 Å². The number of fused-ring (bicyclic) bond motifs is 1. The van der Waals surface area contributed by atoms with E-state index in [1.165, 1.54) is 23.1 Å². The topological polar surface area (TPSA) is 124 Å². The predicted octanol–water partition coefficient (Wildman–Crippen LogP) is 4.50. The molecule has 0 aliphatic carbocycles. The van der Waals surface area contributed by atoms with Gasteiger partial charge in [-0.15, -0.1) is 0 Å². The summed E-state index contributed by atoms with van der Waals surface area (Å²) in [6.45, 7) is 3.80. The Morgan fingerprint density at radius 3 is 2.31 bits per heavy atom. The number of aliphatic hydroxyl groups is 1. The number of carbonyl (C=O) groups is 3. The maximum atomic E-state index is 13.3. The molecule has 3 N–H and O–H groups in total. The van der Waals surface area contributed by atoms with E-state index in [0.29, 0.717) is 22.2 Å². The number of hydrogen-bond acceptors (Lipinski definition) is 5. The summed E-state index contributed by atoms with van der Waals surface area (Å²) in [5.74, 6) is -2.97. The van der Waals surface area contributed by atoms with Crippen molar-refractivity contribution in [2.24, 2.45) is 0 Å². The number of benzene rings is 3. The number of amides is 1. The van der Waals surface area contributed by atoms with E-state index in [0.717, 1.165) is 11.1 Å².